The average molecular weight is 361 g/mol. The fourth-order valence-corrected chi connectivity index (χ4v) is 3.24. The lowest BCUT2D eigenvalue weighted by atomic mass is 10.0. The van der Waals surface area contributed by atoms with Gasteiger partial charge >= 0.3 is 12.7 Å². The Bertz CT molecular complexity index is 697. The molecule has 1 aliphatic rings. The molecule has 6 heteroatoms. The molecule has 1 amide bonds. The lowest BCUT2D eigenvalue weighted by Crippen LogP contribution is -2.42. The Labute approximate surface area is 151 Å². The van der Waals surface area contributed by atoms with Gasteiger partial charge < -0.3 is 14.4 Å². The average Bonchev–Trinajstić information content (AvgIpc) is 3.03. The molecule has 0 unspecified atom stereocenters. The molecule has 26 heavy (non-hydrogen) atoms. The molecule has 0 N–H and O–H groups in total. The Morgan fingerprint density at radius 2 is 1.65 bits per heavy atom. The summed E-state index contributed by atoms with van der Waals surface area (Å²) >= 11 is 0. The summed E-state index contributed by atoms with van der Waals surface area (Å²) in [4.78, 5) is 14.0. The van der Waals surface area contributed by atoms with E-state index in [0.29, 0.717) is 19.4 Å². The standard InChI is InChI=1S/C20H21F2NO3/c21-19(22)26-18-11-12-23(17(18)13-15-7-3-1-4-8-15)20(24)25-14-16-9-5-2-6-10-16/h1-10,17-19H,11-14H2/t17-,18+/m0/s1. The number of rotatable bonds is 6. The summed E-state index contributed by atoms with van der Waals surface area (Å²) in [6.07, 6.45) is -0.407. The second kappa shape index (κ2) is 8.76. The third-order valence-electron chi connectivity index (χ3n) is 4.49. The molecule has 2 atom stereocenters. The van der Waals surface area contributed by atoms with Crippen LogP contribution in [0.25, 0.3) is 0 Å². The second-order valence-corrected chi connectivity index (χ2v) is 6.21. The topological polar surface area (TPSA) is 38.8 Å². The van der Waals surface area contributed by atoms with Gasteiger partial charge in [-0.25, -0.2) is 4.79 Å². The summed E-state index contributed by atoms with van der Waals surface area (Å²) in [6.45, 7) is -2.38. The van der Waals surface area contributed by atoms with E-state index in [1.165, 1.54) is 4.90 Å². The van der Waals surface area contributed by atoms with Gasteiger partial charge in [-0.3, -0.25) is 0 Å². The molecule has 0 aliphatic carbocycles. The predicted molar refractivity (Wildman–Crippen MR) is 92.8 cm³/mol. The lowest BCUT2D eigenvalue weighted by Gasteiger charge is -2.27. The van der Waals surface area contributed by atoms with Crippen molar-refractivity contribution in [3.05, 3.63) is 71.8 Å². The summed E-state index contributed by atoms with van der Waals surface area (Å²) < 4.78 is 35.6. The fraction of sp³-hybridized carbons (Fsp3) is 0.350. The number of likely N-dealkylation sites (tertiary alicyclic amines) is 1. The molecule has 0 spiro atoms. The molecular formula is C20H21F2NO3. The smallest absolute Gasteiger partial charge is 0.410 e. The van der Waals surface area contributed by atoms with Crippen LogP contribution in [0.5, 0.6) is 0 Å². The van der Waals surface area contributed by atoms with E-state index < -0.39 is 24.9 Å². The van der Waals surface area contributed by atoms with Crippen LogP contribution in [-0.2, 0) is 22.5 Å². The van der Waals surface area contributed by atoms with Gasteiger partial charge in [-0.15, -0.1) is 0 Å². The minimum Gasteiger partial charge on any atom is -0.445 e. The summed E-state index contributed by atoms with van der Waals surface area (Å²) in [7, 11) is 0. The Morgan fingerprint density at radius 3 is 2.27 bits per heavy atom. The van der Waals surface area contributed by atoms with Gasteiger partial charge in [-0.05, 0) is 24.0 Å². The van der Waals surface area contributed by atoms with Crippen LogP contribution < -0.4 is 0 Å². The molecule has 3 rings (SSSR count). The van der Waals surface area contributed by atoms with Gasteiger partial charge in [0.05, 0.1) is 12.1 Å². The third-order valence-corrected chi connectivity index (χ3v) is 4.49. The summed E-state index contributed by atoms with van der Waals surface area (Å²) in [5.74, 6) is 0. The van der Waals surface area contributed by atoms with Crippen LogP contribution in [0, 0.1) is 0 Å². The van der Waals surface area contributed by atoms with E-state index >= 15 is 0 Å². The molecule has 2 aromatic carbocycles. The van der Waals surface area contributed by atoms with Crippen molar-refractivity contribution >= 4 is 6.09 Å². The van der Waals surface area contributed by atoms with Gasteiger partial charge in [0, 0.05) is 6.54 Å². The van der Waals surface area contributed by atoms with Crippen molar-refractivity contribution in [2.75, 3.05) is 6.54 Å². The predicted octanol–water partition coefficient (Wildman–Crippen LogP) is 4.25. The molecule has 1 fully saturated rings. The first kappa shape index (κ1) is 18.3. The first-order valence-electron chi connectivity index (χ1n) is 8.58. The number of hydrogen-bond acceptors (Lipinski definition) is 3. The molecule has 138 valence electrons. The third kappa shape index (κ3) is 4.79. The van der Waals surface area contributed by atoms with Crippen LogP contribution >= 0.6 is 0 Å². The Kier molecular flexibility index (Phi) is 6.17. The molecule has 1 aliphatic heterocycles. The SMILES string of the molecule is O=C(OCc1ccccc1)N1CC[C@@H](OC(F)F)[C@@H]1Cc1ccccc1. The zero-order valence-electron chi connectivity index (χ0n) is 14.3. The second-order valence-electron chi connectivity index (χ2n) is 6.21. The minimum atomic E-state index is -2.86. The maximum Gasteiger partial charge on any atom is 0.410 e. The zero-order chi connectivity index (χ0) is 18.4. The Balaban J connectivity index is 1.67. The maximum atomic E-state index is 12.7. The number of halogens is 2. The van der Waals surface area contributed by atoms with Crippen LogP contribution in [-0.4, -0.2) is 36.3 Å². The van der Waals surface area contributed by atoms with E-state index in [1.807, 2.05) is 60.7 Å². The minimum absolute atomic E-state index is 0.147. The van der Waals surface area contributed by atoms with Crippen molar-refractivity contribution in [1.29, 1.82) is 0 Å². The van der Waals surface area contributed by atoms with Gasteiger partial charge in [-0.1, -0.05) is 60.7 Å². The van der Waals surface area contributed by atoms with E-state index in [4.69, 9.17) is 9.47 Å². The Hall–Kier alpha value is -2.47. The summed E-state index contributed by atoms with van der Waals surface area (Å²) in [6, 6.07) is 18.3. The molecule has 0 aromatic heterocycles. The van der Waals surface area contributed by atoms with Crippen molar-refractivity contribution in [3.63, 3.8) is 0 Å². The van der Waals surface area contributed by atoms with E-state index in [-0.39, 0.29) is 6.61 Å². The number of ether oxygens (including phenoxy) is 2. The van der Waals surface area contributed by atoms with E-state index in [0.717, 1.165) is 11.1 Å². The van der Waals surface area contributed by atoms with E-state index in [9.17, 15) is 13.6 Å². The molecule has 2 aromatic rings. The molecule has 1 saturated heterocycles. The van der Waals surface area contributed by atoms with Gasteiger partial charge in [0.1, 0.15) is 6.61 Å². The molecule has 0 saturated carbocycles. The zero-order valence-corrected chi connectivity index (χ0v) is 14.3. The number of alkyl halides is 2. The molecular weight excluding hydrogens is 340 g/mol. The highest BCUT2D eigenvalue weighted by molar-refractivity contribution is 5.68. The molecule has 0 radical (unpaired) electrons. The quantitative estimate of drug-likeness (QED) is 0.772. The normalized spacial score (nSPS) is 19.7. The number of carbonyl (C=O) groups excluding carboxylic acids is 1. The first-order chi connectivity index (χ1) is 12.6. The highest BCUT2D eigenvalue weighted by atomic mass is 19.3. The number of hydrogen-bond donors (Lipinski definition) is 0. The fourth-order valence-electron chi connectivity index (χ4n) is 3.24. The summed E-state index contributed by atoms with van der Waals surface area (Å²) in [5.41, 5.74) is 1.84. The van der Waals surface area contributed by atoms with Crippen LogP contribution in [0.15, 0.2) is 60.7 Å². The van der Waals surface area contributed by atoms with Crippen molar-refractivity contribution < 1.29 is 23.0 Å². The number of carbonyl (C=O) groups is 1. The monoisotopic (exact) mass is 361 g/mol. The maximum absolute atomic E-state index is 12.7. The van der Waals surface area contributed by atoms with Crippen molar-refractivity contribution in [2.24, 2.45) is 0 Å². The lowest BCUT2D eigenvalue weighted by molar-refractivity contribution is -0.167. The van der Waals surface area contributed by atoms with Gasteiger partial charge in [0.15, 0.2) is 0 Å². The van der Waals surface area contributed by atoms with E-state index in [2.05, 4.69) is 0 Å². The molecule has 4 nitrogen and oxygen atoms in total. The van der Waals surface area contributed by atoms with Crippen LogP contribution in [0.1, 0.15) is 17.5 Å². The van der Waals surface area contributed by atoms with Crippen molar-refractivity contribution in [2.45, 2.75) is 38.2 Å². The van der Waals surface area contributed by atoms with Crippen LogP contribution in [0.2, 0.25) is 0 Å². The Morgan fingerprint density at radius 1 is 1.04 bits per heavy atom. The highest BCUT2D eigenvalue weighted by Crippen LogP contribution is 2.27. The number of benzene rings is 2. The van der Waals surface area contributed by atoms with Crippen LogP contribution in [0.3, 0.4) is 0 Å². The van der Waals surface area contributed by atoms with Gasteiger partial charge in [0.25, 0.3) is 0 Å². The van der Waals surface area contributed by atoms with Crippen molar-refractivity contribution in [1.82, 2.24) is 4.90 Å². The highest BCUT2D eigenvalue weighted by Gasteiger charge is 2.40. The van der Waals surface area contributed by atoms with Crippen molar-refractivity contribution in [3.8, 4) is 0 Å². The van der Waals surface area contributed by atoms with Gasteiger partial charge in [-0.2, -0.15) is 8.78 Å². The van der Waals surface area contributed by atoms with Gasteiger partial charge in [0.2, 0.25) is 0 Å². The largest absolute Gasteiger partial charge is 0.445 e. The van der Waals surface area contributed by atoms with Crippen LogP contribution in [0.4, 0.5) is 13.6 Å². The van der Waals surface area contributed by atoms with E-state index in [1.54, 1.807) is 0 Å². The molecule has 1 heterocycles. The molecule has 0 bridgehead atoms. The first-order valence-corrected chi connectivity index (χ1v) is 8.58. The number of nitrogens with zero attached hydrogens (tertiary/aromatic N) is 1. The summed E-state index contributed by atoms with van der Waals surface area (Å²) in [5, 5.41) is 0. The number of amides is 1.